The van der Waals surface area contributed by atoms with Crippen LogP contribution in [0.5, 0.6) is 0 Å². The number of piperidine rings is 1. The van der Waals surface area contributed by atoms with Crippen LogP contribution in [0.3, 0.4) is 0 Å². The van der Waals surface area contributed by atoms with E-state index in [4.69, 9.17) is 4.74 Å². The van der Waals surface area contributed by atoms with Gasteiger partial charge in [-0.05, 0) is 40.5 Å². The summed E-state index contributed by atoms with van der Waals surface area (Å²) in [7, 11) is 0. The Kier molecular flexibility index (Phi) is 3.30. The van der Waals surface area contributed by atoms with Gasteiger partial charge in [0.05, 0.1) is 12.7 Å². The first-order chi connectivity index (χ1) is 7.31. The molecule has 0 radical (unpaired) electrons. The summed E-state index contributed by atoms with van der Waals surface area (Å²) in [4.78, 5) is 0. The van der Waals surface area contributed by atoms with Crippen LogP contribution in [0.4, 0.5) is 0 Å². The van der Waals surface area contributed by atoms with Gasteiger partial charge in [0, 0.05) is 22.1 Å². The van der Waals surface area contributed by atoms with E-state index >= 15 is 0 Å². The maximum Gasteiger partial charge on any atom is 0.0612 e. The van der Waals surface area contributed by atoms with Gasteiger partial charge in [0.25, 0.3) is 0 Å². The van der Waals surface area contributed by atoms with Crippen LogP contribution in [0, 0.1) is 0 Å². The van der Waals surface area contributed by atoms with E-state index < -0.39 is 0 Å². The summed E-state index contributed by atoms with van der Waals surface area (Å²) in [5.74, 6) is 1.26. The molecule has 1 atom stereocenters. The summed E-state index contributed by atoms with van der Waals surface area (Å²) in [5.41, 5.74) is -0.383. The molecule has 0 aromatic heterocycles. The molecule has 2 heterocycles. The summed E-state index contributed by atoms with van der Waals surface area (Å²) in [5, 5.41) is 12.4. The fraction of sp³-hybridized carbons (Fsp3) is 1.00. The lowest BCUT2D eigenvalue weighted by Gasteiger charge is -2.51. The van der Waals surface area contributed by atoms with Crippen molar-refractivity contribution in [3.05, 3.63) is 0 Å². The molecule has 0 aromatic rings. The molecule has 2 rings (SSSR count). The van der Waals surface area contributed by atoms with E-state index in [1.54, 1.807) is 0 Å². The molecule has 0 spiro atoms. The monoisotopic (exact) mass is 245 g/mol. The second-order valence-electron chi connectivity index (χ2n) is 6.26. The molecule has 2 fully saturated rings. The molecule has 94 valence electrons. The van der Waals surface area contributed by atoms with E-state index in [0.29, 0.717) is 0 Å². The molecule has 4 heteroatoms. The third-order valence-electron chi connectivity index (χ3n) is 3.52. The molecule has 3 nitrogen and oxygen atoms in total. The third-order valence-corrected chi connectivity index (χ3v) is 4.46. The molecule has 0 aromatic carbocycles. The third kappa shape index (κ3) is 2.73. The largest absolute Gasteiger partial charge is 0.377 e. The molecule has 16 heavy (non-hydrogen) atoms. The maximum atomic E-state index is 10.1. The minimum atomic E-state index is -0.191. The van der Waals surface area contributed by atoms with Gasteiger partial charge in [0.2, 0.25) is 0 Å². The fourth-order valence-electron chi connectivity index (χ4n) is 2.70. The Balaban J connectivity index is 1.94. The van der Waals surface area contributed by atoms with Crippen molar-refractivity contribution in [1.29, 1.82) is 0 Å². The number of thioether (sulfide) groups is 1. The molecule has 1 unspecified atom stereocenters. The van der Waals surface area contributed by atoms with Crippen LogP contribution in [0.25, 0.3) is 0 Å². The zero-order valence-electron chi connectivity index (χ0n) is 10.7. The number of hydrogen-bond acceptors (Lipinski definition) is 4. The molecule has 1 N–H and O–H groups in total. The zero-order valence-corrected chi connectivity index (χ0v) is 11.5. The normalized spacial score (nSPS) is 33.9. The minimum Gasteiger partial charge on any atom is -0.377 e. The van der Waals surface area contributed by atoms with Gasteiger partial charge >= 0.3 is 0 Å². The van der Waals surface area contributed by atoms with Gasteiger partial charge in [-0.15, -0.1) is 0 Å². The first kappa shape index (κ1) is 12.7. The fourth-order valence-corrected chi connectivity index (χ4v) is 3.11. The van der Waals surface area contributed by atoms with Crippen LogP contribution < -0.4 is 0 Å². The lowest BCUT2D eigenvalue weighted by Crippen LogP contribution is -2.60. The van der Waals surface area contributed by atoms with E-state index in [2.05, 4.69) is 27.7 Å². The number of ether oxygens (including phenoxy) is 1. The van der Waals surface area contributed by atoms with Gasteiger partial charge in [0.1, 0.15) is 0 Å². The van der Waals surface area contributed by atoms with Gasteiger partial charge in [-0.3, -0.25) is 0 Å². The summed E-state index contributed by atoms with van der Waals surface area (Å²) >= 11 is 1.97. The van der Waals surface area contributed by atoms with Crippen molar-refractivity contribution >= 4 is 11.8 Å². The predicted molar refractivity (Wildman–Crippen MR) is 67.0 cm³/mol. The molecule has 0 bridgehead atoms. The molecule has 2 aliphatic heterocycles. The lowest BCUT2D eigenvalue weighted by molar-refractivity contribution is -0.261. The molecule has 0 amide bonds. The first-order valence-electron chi connectivity index (χ1n) is 6.04. The lowest BCUT2D eigenvalue weighted by atomic mass is 9.80. The van der Waals surface area contributed by atoms with E-state index in [1.807, 2.05) is 11.8 Å². The molecule has 2 aliphatic rings. The van der Waals surface area contributed by atoms with Crippen LogP contribution in [-0.4, -0.2) is 45.1 Å². The first-order valence-corrected chi connectivity index (χ1v) is 7.08. The average molecular weight is 245 g/mol. The van der Waals surface area contributed by atoms with Crippen molar-refractivity contribution in [2.45, 2.75) is 63.0 Å². The number of hydroxylamine groups is 2. The van der Waals surface area contributed by atoms with E-state index in [0.717, 1.165) is 24.7 Å². The van der Waals surface area contributed by atoms with Gasteiger partial charge in [-0.25, -0.2) is 0 Å². The smallest absolute Gasteiger partial charge is 0.0612 e. The summed E-state index contributed by atoms with van der Waals surface area (Å²) < 4.78 is 5.97. The Morgan fingerprint density at radius 3 is 2.19 bits per heavy atom. The molecular formula is C12H23NO2S. The molecule has 2 saturated heterocycles. The maximum absolute atomic E-state index is 10.1. The topological polar surface area (TPSA) is 32.7 Å². The number of nitrogens with zero attached hydrogens (tertiary/aromatic N) is 1. The zero-order chi connectivity index (χ0) is 12.0. The minimum absolute atomic E-state index is 0.191. The van der Waals surface area contributed by atoms with Gasteiger partial charge in [-0.2, -0.15) is 16.8 Å². The highest BCUT2D eigenvalue weighted by Gasteiger charge is 2.45. The van der Waals surface area contributed by atoms with Gasteiger partial charge < -0.3 is 9.94 Å². The Morgan fingerprint density at radius 1 is 1.25 bits per heavy atom. The van der Waals surface area contributed by atoms with E-state index in [1.165, 1.54) is 10.8 Å². The van der Waals surface area contributed by atoms with Crippen molar-refractivity contribution in [3.8, 4) is 0 Å². The van der Waals surface area contributed by atoms with Crippen LogP contribution in [0.15, 0.2) is 0 Å². The summed E-state index contributed by atoms with van der Waals surface area (Å²) in [6.45, 7) is 9.20. The van der Waals surface area contributed by atoms with Crippen molar-refractivity contribution < 1.29 is 9.94 Å². The van der Waals surface area contributed by atoms with Crippen LogP contribution in [-0.2, 0) is 4.74 Å². The van der Waals surface area contributed by atoms with Crippen molar-refractivity contribution in [1.82, 2.24) is 5.06 Å². The van der Waals surface area contributed by atoms with Crippen molar-refractivity contribution in [2.24, 2.45) is 0 Å². The van der Waals surface area contributed by atoms with Crippen molar-refractivity contribution in [2.75, 3.05) is 12.4 Å². The highest BCUT2D eigenvalue weighted by Crippen LogP contribution is 2.39. The Bertz CT molecular complexity index is 246. The highest BCUT2D eigenvalue weighted by molar-refractivity contribution is 8.06. The molecular weight excluding hydrogens is 222 g/mol. The average Bonchev–Trinajstić information content (AvgIpc) is 2.93. The predicted octanol–water partition coefficient (Wildman–Crippen LogP) is 2.53. The number of hydrogen-bond donors (Lipinski definition) is 1. The van der Waals surface area contributed by atoms with E-state index in [-0.39, 0.29) is 17.2 Å². The van der Waals surface area contributed by atoms with E-state index in [9.17, 15) is 5.21 Å². The summed E-state index contributed by atoms with van der Waals surface area (Å²) in [6.07, 6.45) is 2.10. The Labute approximate surface area is 102 Å². The Hall–Kier alpha value is 0.230. The standard InChI is InChI=1S/C12H23NO2S/c1-11(2)5-9(15-7-10-8-16-10)6-12(3,4)13(11)14/h9-10,14H,5-8H2,1-4H3. The quantitative estimate of drug-likeness (QED) is 0.775. The molecule has 0 saturated carbocycles. The highest BCUT2D eigenvalue weighted by atomic mass is 32.2. The van der Waals surface area contributed by atoms with Gasteiger partial charge in [0.15, 0.2) is 0 Å². The molecule has 0 aliphatic carbocycles. The van der Waals surface area contributed by atoms with Crippen LogP contribution >= 0.6 is 11.8 Å². The van der Waals surface area contributed by atoms with Crippen LogP contribution in [0.1, 0.15) is 40.5 Å². The van der Waals surface area contributed by atoms with Crippen molar-refractivity contribution in [3.63, 3.8) is 0 Å². The van der Waals surface area contributed by atoms with Gasteiger partial charge in [-0.1, -0.05) is 0 Å². The number of rotatable bonds is 3. The SMILES string of the molecule is CC1(C)CC(OCC2CS2)CC(C)(C)N1O. The second kappa shape index (κ2) is 4.16. The summed E-state index contributed by atoms with van der Waals surface area (Å²) in [6, 6.07) is 0. The van der Waals surface area contributed by atoms with Crippen LogP contribution in [0.2, 0.25) is 0 Å². The second-order valence-corrected chi connectivity index (χ2v) is 7.59. The Morgan fingerprint density at radius 2 is 1.75 bits per heavy atom.